The third-order valence-electron chi connectivity index (χ3n) is 2.80. The SMILES string of the molecule is O=C(c1cccs1)C1CC1c1ccco1. The van der Waals surface area contributed by atoms with Crippen LogP contribution in [0.4, 0.5) is 0 Å². The van der Waals surface area contributed by atoms with E-state index >= 15 is 0 Å². The molecule has 1 fully saturated rings. The van der Waals surface area contributed by atoms with E-state index < -0.39 is 0 Å². The highest BCUT2D eigenvalue weighted by Gasteiger charge is 2.46. The summed E-state index contributed by atoms with van der Waals surface area (Å²) >= 11 is 1.52. The lowest BCUT2D eigenvalue weighted by Crippen LogP contribution is -1.99. The molecule has 2 aromatic heterocycles. The van der Waals surface area contributed by atoms with Gasteiger partial charge in [-0.15, -0.1) is 11.3 Å². The Morgan fingerprint density at radius 2 is 2.33 bits per heavy atom. The van der Waals surface area contributed by atoms with E-state index in [1.54, 1.807) is 6.26 Å². The van der Waals surface area contributed by atoms with Gasteiger partial charge < -0.3 is 4.42 Å². The molecule has 0 saturated heterocycles. The minimum absolute atomic E-state index is 0.148. The van der Waals surface area contributed by atoms with Crippen molar-refractivity contribution in [3.8, 4) is 0 Å². The number of Topliss-reactive ketones (excluding diaryl/α,β-unsaturated/α-hetero) is 1. The van der Waals surface area contributed by atoms with Gasteiger partial charge in [-0.05, 0) is 30.0 Å². The second-order valence-corrected chi connectivity index (χ2v) is 4.75. The maximum absolute atomic E-state index is 11.9. The molecule has 1 aliphatic rings. The molecule has 2 nitrogen and oxygen atoms in total. The van der Waals surface area contributed by atoms with Crippen LogP contribution in [0, 0.1) is 5.92 Å². The topological polar surface area (TPSA) is 30.2 Å². The summed E-state index contributed by atoms with van der Waals surface area (Å²) in [6.07, 6.45) is 2.60. The lowest BCUT2D eigenvalue weighted by molar-refractivity contribution is 0.0968. The van der Waals surface area contributed by atoms with Crippen LogP contribution in [0.5, 0.6) is 0 Å². The molecule has 0 N–H and O–H groups in total. The molecule has 3 rings (SSSR count). The molecule has 2 aromatic rings. The molecule has 2 unspecified atom stereocenters. The number of rotatable bonds is 3. The Labute approximate surface area is 91.5 Å². The molecule has 1 saturated carbocycles. The maximum atomic E-state index is 11.9. The van der Waals surface area contributed by atoms with E-state index in [0.29, 0.717) is 5.92 Å². The van der Waals surface area contributed by atoms with Crippen molar-refractivity contribution in [2.75, 3.05) is 0 Å². The number of carbonyl (C=O) groups is 1. The van der Waals surface area contributed by atoms with Gasteiger partial charge in [0.15, 0.2) is 5.78 Å². The molecular formula is C12H10O2S. The molecule has 0 aliphatic heterocycles. The number of ketones is 1. The van der Waals surface area contributed by atoms with Crippen LogP contribution in [0.15, 0.2) is 40.3 Å². The van der Waals surface area contributed by atoms with Crippen LogP contribution in [0.3, 0.4) is 0 Å². The summed E-state index contributed by atoms with van der Waals surface area (Å²) in [6, 6.07) is 7.64. The third kappa shape index (κ3) is 1.53. The minimum atomic E-state index is 0.148. The van der Waals surface area contributed by atoms with Crippen molar-refractivity contribution >= 4 is 17.1 Å². The van der Waals surface area contributed by atoms with E-state index in [1.165, 1.54) is 11.3 Å². The van der Waals surface area contributed by atoms with Gasteiger partial charge in [-0.25, -0.2) is 0 Å². The lowest BCUT2D eigenvalue weighted by Gasteiger charge is -1.94. The number of furan rings is 1. The average molecular weight is 218 g/mol. The van der Waals surface area contributed by atoms with Gasteiger partial charge in [0.1, 0.15) is 5.76 Å². The molecule has 0 bridgehead atoms. The monoisotopic (exact) mass is 218 g/mol. The van der Waals surface area contributed by atoms with Crippen molar-refractivity contribution in [3.05, 3.63) is 46.5 Å². The first kappa shape index (κ1) is 8.92. The Kier molecular flexibility index (Phi) is 1.99. The highest BCUT2D eigenvalue weighted by atomic mass is 32.1. The summed E-state index contributed by atoms with van der Waals surface area (Å²) in [5.74, 6) is 1.68. The smallest absolute Gasteiger partial charge is 0.176 e. The Morgan fingerprint density at radius 1 is 1.40 bits per heavy atom. The quantitative estimate of drug-likeness (QED) is 0.740. The molecule has 0 aromatic carbocycles. The van der Waals surface area contributed by atoms with Crippen LogP contribution in [-0.2, 0) is 0 Å². The Morgan fingerprint density at radius 3 is 3.00 bits per heavy atom. The molecule has 0 radical (unpaired) electrons. The third-order valence-corrected chi connectivity index (χ3v) is 3.68. The van der Waals surface area contributed by atoms with Crippen molar-refractivity contribution < 1.29 is 9.21 Å². The van der Waals surface area contributed by atoms with E-state index in [4.69, 9.17) is 4.42 Å². The normalized spacial score (nSPS) is 24.0. The first-order valence-corrected chi connectivity index (χ1v) is 5.85. The predicted octanol–water partition coefficient (Wildman–Crippen LogP) is 3.33. The van der Waals surface area contributed by atoms with Gasteiger partial charge in [0, 0.05) is 11.8 Å². The molecule has 0 amide bonds. The predicted molar refractivity (Wildman–Crippen MR) is 58.2 cm³/mol. The van der Waals surface area contributed by atoms with Gasteiger partial charge in [0.25, 0.3) is 0 Å². The van der Waals surface area contributed by atoms with Gasteiger partial charge in [0.05, 0.1) is 11.1 Å². The van der Waals surface area contributed by atoms with Crippen LogP contribution in [-0.4, -0.2) is 5.78 Å². The standard InChI is InChI=1S/C12H10O2S/c13-12(11-4-2-6-15-11)9-7-8(9)10-3-1-5-14-10/h1-6,8-9H,7H2. The molecule has 76 valence electrons. The number of thiophene rings is 1. The van der Waals surface area contributed by atoms with E-state index in [2.05, 4.69) is 0 Å². The Balaban J connectivity index is 1.75. The molecule has 2 atom stereocenters. The molecule has 3 heteroatoms. The highest BCUT2D eigenvalue weighted by molar-refractivity contribution is 7.12. The number of carbonyl (C=O) groups excluding carboxylic acids is 1. The van der Waals surface area contributed by atoms with Crippen LogP contribution in [0.1, 0.15) is 27.8 Å². The van der Waals surface area contributed by atoms with Crippen molar-refractivity contribution in [1.29, 1.82) is 0 Å². The average Bonchev–Trinajstić information content (AvgIpc) is 2.78. The lowest BCUT2D eigenvalue weighted by atomic mass is 10.1. The summed E-state index contributed by atoms with van der Waals surface area (Å²) < 4.78 is 5.31. The number of hydrogen-bond donors (Lipinski definition) is 0. The van der Waals surface area contributed by atoms with Crippen LogP contribution < -0.4 is 0 Å². The van der Waals surface area contributed by atoms with Crippen LogP contribution >= 0.6 is 11.3 Å². The molecule has 1 aliphatic carbocycles. The fourth-order valence-electron chi connectivity index (χ4n) is 1.90. The second kappa shape index (κ2) is 3.35. The first-order chi connectivity index (χ1) is 7.36. The van der Waals surface area contributed by atoms with Crippen molar-refractivity contribution in [2.45, 2.75) is 12.3 Å². The fraction of sp³-hybridized carbons (Fsp3) is 0.250. The Bertz CT molecular complexity index is 456. The van der Waals surface area contributed by atoms with Gasteiger partial charge in [0.2, 0.25) is 0 Å². The molecule has 15 heavy (non-hydrogen) atoms. The summed E-state index contributed by atoms with van der Waals surface area (Å²) in [4.78, 5) is 12.8. The van der Waals surface area contributed by atoms with Crippen molar-refractivity contribution in [2.24, 2.45) is 5.92 Å². The zero-order valence-electron chi connectivity index (χ0n) is 8.05. The minimum Gasteiger partial charge on any atom is -0.469 e. The maximum Gasteiger partial charge on any atom is 0.176 e. The second-order valence-electron chi connectivity index (χ2n) is 3.81. The van der Waals surface area contributed by atoms with Crippen LogP contribution in [0.25, 0.3) is 0 Å². The first-order valence-electron chi connectivity index (χ1n) is 4.97. The van der Waals surface area contributed by atoms with Crippen molar-refractivity contribution in [3.63, 3.8) is 0 Å². The molecule has 2 heterocycles. The van der Waals surface area contributed by atoms with Crippen LogP contribution in [0.2, 0.25) is 0 Å². The van der Waals surface area contributed by atoms with E-state index in [9.17, 15) is 4.79 Å². The van der Waals surface area contributed by atoms with E-state index in [0.717, 1.165) is 17.1 Å². The summed E-state index contributed by atoms with van der Waals surface area (Å²) in [6.45, 7) is 0. The summed E-state index contributed by atoms with van der Waals surface area (Å²) in [5.41, 5.74) is 0. The number of hydrogen-bond acceptors (Lipinski definition) is 3. The van der Waals surface area contributed by atoms with Gasteiger partial charge in [-0.1, -0.05) is 6.07 Å². The zero-order valence-corrected chi connectivity index (χ0v) is 8.87. The van der Waals surface area contributed by atoms with Gasteiger partial charge in [-0.2, -0.15) is 0 Å². The van der Waals surface area contributed by atoms with Gasteiger partial charge in [-0.3, -0.25) is 4.79 Å². The van der Waals surface area contributed by atoms with Crippen molar-refractivity contribution in [1.82, 2.24) is 0 Å². The van der Waals surface area contributed by atoms with E-state index in [-0.39, 0.29) is 11.7 Å². The molecule has 0 spiro atoms. The Hall–Kier alpha value is -1.35. The summed E-state index contributed by atoms with van der Waals surface area (Å²) in [7, 11) is 0. The van der Waals surface area contributed by atoms with Gasteiger partial charge >= 0.3 is 0 Å². The molecular weight excluding hydrogens is 208 g/mol. The summed E-state index contributed by atoms with van der Waals surface area (Å²) in [5, 5.41) is 1.94. The fourth-order valence-corrected chi connectivity index (χ4v) is 2.63. The zero-order chi connectivity index (χ0) is 10.3. The van der Waals surface area contributed by atoms with E-state index in [1.807, 2.05) is 29.6 Å². The highest BCUT2D eigenvalue weighted by Crippen LogP contribution is 2.49. The largest absolute Gasteiger partial charge is 0.469 e.